The van der Waals surface area contributed by atoms with E-state index >= 15 is 0 Å². The molecule has 2 aromatic carbocycles. The molecule has 1 atom stereocenters. The number of hydrogen-bond acceptors (Lipinski definition) is 4. The number of benzene rings is 2. The molecule has 7 nitrogen and oxygen atoms in total. The van der Waals surface area contributed by atoms with E-state index < -0.39 is 0 Å². The summed E-state index contributed by atoms with van der Waals surface area (Å²) in [5, 5.41) is 8.63. The molecule has 1 aromatic heterocycles. The van der Waals surface area contributed by atoms with Crippen LogP contribution < -0.4 is 20.9 Å². The van der Waals surface area contributed by atoms with Crippen LogP contribution in [0, 0.1) is 5.82 Å². The molecule has 0 aliphatic carbocycles. The van der Waals surface area contributed by atoms with Crippen molar-refractivity contribution in [1.29, 1.82) is 0 Å². The first kappa shape index (κ1) is 21.4. The van der Waals surface area contributed by atoms with Gasteiger partial charge in [0.1, 0.15) is 5.82 Å². The number of piperidine rings is 1. The molecule has 1 fully saturated rings. The summed E-state index contributed by atoms with van der Waals surface area (Å²) in [6.07, 6.45) is 3.23. The van der Waals surface area contributed by atoms with E-state index in [1.807, 2.05) is 18.2 Å². The van der Waals surface area contributed by atoms with Gasteiger partial charge in [-0.3, -0.25) is 4.79 Å². The number of carbonyl (C=O) groups is 2. The lowest BCUT2D eigenvalue weighted by Gasteiger charge is -2.34. The zero-order valence-corrected chi connectivity index (χ0v) is 17.5. The van der Waals surface area contributed by atoms with Crippen molar-refractivity contribution >= 4 is 23.3 Å². The second-order valence-electron chi connectivity index (χ2n) is 7.72. The van der Waals surface area contributed by atoms with Crippen LogP contribution in [0.2, 0.25) is 0 Å². The summed E-state index contributed by atoms with van der Waals surface area (Å²) < 4.78 is 18.6. The Hall–Kier alpha value is -3.81. The molecule has 1 aliphatic heterocycles. The molecule has 1 unspecified atom stereocenters. The van der Waals surface area contributed by atoms with Gasteiger partial charge >= 0.3 is 6.03 Å². The number of nitrogens with zero attached hydrogens (tertiary/aromatic N) is 1. The van der Waals surface area contributed by atoms with Gasteiger partial charge in [-0.15, -0.1) is 0 Å². The number of amides is 3. The fourth-order valence-electron chi connectivity index (χ4n) is 3.78. The Labute approximate surface area is 185 Å². The first-order valence-corrected chi connectivity index (χ1v) is 10.6. The van der Waals surface area contributed by atoms with E-state index in [-0.39, 0.29) is 29.6 Å². The maximum Gasteiger partial charge on any atom is 0.315 e. The van der Waals surface area contributed by atoms with Gasteiger partial charge in [0.05, 0.1) is 6.26 Å². The summed E-state index contributed by atoms with van der Waals surface area (Å²) in [5.74, 6) is -0.372. The van der Waals surface area contributed by atoms with Crippen LogP contribution in [0.3, 0.4) is 0 Å². The molecule has 2 heterocycles. The Bertz CT molecular complexity index is 1070. The van der Waals surface area contributed by atoms with Crippen molar-refractivity contribution in [1.82, 2.24) is 10.6 Å². The van der Waals surface area contributed by atoms with E-state index in [1.54, 1.807) is 30.3 Å². The highest BCUT2D eigenvalue weighted by atomic mass is 19.1. The van der Waals surface area contributed by atoms with Crippen LogP contribution in [0.25, 0.3) is 0 Å². The Kier molecular flexibility index (Phi) is 6.69. The molecule has 4 rings (SSSR count). The molecular formula is C24H25FN4O3. The molecule has 32 heavy (non-hydrogen) atoms. The second kappa shape index (κ2) is 10.00. The fraction of sp³-hybridized carbons (Fsp3) is 0.250. The van der Waals surface area contributed by atoms with Crippen molar-refractivity contribution in [2.24, 2.45) is 0 Å². The number of hydrogen-bond donors (Lipinski definition) is 3. The number of urea groups is 1. The van der Waals surface area contributed by atoms with Crippen molar-refractivity contribution in [3.05, 3.63) is 84.1 Å². The maximum atomic E-state index is 13.5. The number of rotatable bonds is 6. The number of carbonyl (C=O) groups excluding carboxylic acids is 2. The molecular weight excluding hydrogens is 411 g/mol. The highest BCUT2D eigenvalue weighted by molar-refractivity contribution is 6.02. The largest absolute Gasteiger partial charge is 0.459 e. The van der Waals surface area contributed by atoms with Crippen LogP contribution >= 0.6 is 0 Å². The van der Waals surface area contributed by atoms with Gasteiger partial charge in [-0.2, -0.15) is 0 Å². The monoisotopic (exact) mass is 436 g/mol. The summed E-state index contributed by atoms with van der Waals surface area (Å²) in [7, 11) is 0. The second-order valence-corrected chi connectivity index (χ2v) is 7.72. The third-order valence-corrected chi connectivity index (χ3v) is 5.31. The molecule has 0 radical (unpaired) electrons. The molecule has 3 amide bonds. The molecule has 3 aromatic rings. The average molecular weight is 436 g/mol. The maximum absolute atomic E-state index is 13.5. The summed E-state index contributed by atoms with van der Waals surface area (Å²) >= 11 is 0. The standard InChI is InChI=1S/C24H25FN4O3/c25-18-6-2-9-21(14-18)29-11-3-8-20(16-29)28-24(31)26-15-17-5-1-7-19(13-17)27-23(30)22-10-4-12-32-22/h1-2,4-7,9-10,12-14,20H,3,8,11,15-16H2,(H,27,30)(H2,26,28,31). The van der Waals surface area contributed by atoms with Gasteiger partial charge in [0.2, 0.25) is 0 Å². The fourth-order valence-corrected chi connectivity index (χ4v) is 3.78. The van der Waals surface area contributed by atoms with Crippen LogP contribution in [-0.4, -0.2) is 31.1 Å². The van der Waals surface area contributed by atoms with Crippen LogP contribution in [-0.2, 0) is 6.54 Å². The first-order valence-electron chi connectivity index (χ1n) is 10.6. The zero-order valence-electron chi connectivity index (χ0n) is 17.5. The Morgan fingerprint density at radius 1 is 1.09 bits per heavy atom. The number of furan rings is 1. The van der Waals surface area contributed by atoms with Gasteiger partial charge in [-0.05, 0) is 60.9 Å². The van der Waals surface area contributed by atoms with Gasteiger partial charge < -0.3 is 25.3 Å². The summed E-state index contributed by atoms with van der Waals surface area (Å²) in [5.41, 5.74) is 2.29. The average Bonchev–Trinajstić information content (AvgIpc) is 3.34. The van der Waals surface area contributed by atoms with Crippen LogP contribution in [0.5, 0.6) is 0 Å². The van der Waals surface area contributed by atoms with Crippen molar-refractivity contribution in [2.45, 2.75) is 25.4 Å². The molecule has 0 spiro atoms. The van der Waals surface area contributed by atoms with Crippen molar-refractivity contribution < 1.29 is 18.4 Å². The van der Waals surface area contributed by atoms with E-state index in [1.165, 1.54) is 18.4 Å². The highest BCUT2D eigenvalue weighted by Crippen LogP contribution is 2.21. The topological polar surface area (TPSA) is 86.6 Å². The van der Waals surface area contributed by atoms with Crippen LogP contribution in [0.4, 0.5) is 20.6 Å². The smallest absolute Gasteiger partial charge is 0.315 e. The van der Waals surface area contributed by atoms with E-state index in [2.05, 4.69) is 20.9 Å². The van der Waals surface area contributed by atoms with E-state index in [4.69, 9.17) is 4.42 Å². The predicted octanol–water partition coefficient (Wildman–Crippen LogP) is 4.14. The number of halogens is 1. The van der Waals surface area contributed by atoms with Crippen molar-refractivity contribution in [3.63, 3.8) is 0 Å². The molecule has 8 heteroatoms. The Balaban J connectivity index is 1.27. The van der Waals surface area contributed by atoms with Gasteiger partial charge in [-0.1, -0.05) is 18.2 Å². The quantitative estimate of drug-likeness (QED) is 0.542. The van der Waals surface area contributed by atoms with Crippen molar-refractivity contribution in [2.75, 3.05) is 23.3 Å². The van der Waals surface area contributed by atoms with Gasteiger partial charge in [0.25, 0.3) is 5.91 Å². The van der Waals surface area contributed by atoms with E-state index in [9.17, 15) is 14.0 Å². The van der Waals surface area contributed by atoms with Crippen molar-refractivity contribution in [3.8, 4) is 0 Å². The highest BCUT2D eigenvalue weighted by Gasteiger charge is 2.22. The lowest BCUT2D eigenvalue weighted by atomic mass is 10.0. The molecule has 0 saturated carbocycles. The van der Waals surface area contributed by atoms with E-state index in [0.717, 1.165) is 30.6 Å². The van der Waals surface area contributed by atoms with Gasteiger partial charge in [0.15, 0.2) is 5.76 Å². The lowest BCUT2D eigenvalue weighted by Crippen LogP contribution is -2.50. The first-order chi connectivity index (χ1) is 15.6. The summed E-state index contributed by atoms with van der Waals surface area (Å²) in [6, 6.07) is 16.7. The zero-order chi connectivity index (χ0) is 22.3. The lowest BCUT2D eigenvalue weighted by molar-refractivity contribution is 0.0996. The van der Waals surface area contributed by atoms with E-state index in [0.29, 0.717) is 18.8 Å². The SMILES string of the molecule is O=C(NCc1cccc(NC(=O)c2ccco2)c1)NC1CCCN(c2cccc(F)c2)C1. The normalized spacial score (nSPS) is 15.8. The Morgan fingerprint density at radius 2 is 1.97 bits per heavy atom. The number of anilines is 2. The van der Waals surface area contributed by atoms with Crippen LogP contribution in [0.1, 0.15) is 29.0 Å². The van der Waals surface area contributed by atoms with Gasteiger partial charge in [0, 0.05) is 37.1 Å². The molecule has 3 N–H and O–H groups in total. The number of nitrogens with one attached hydrogen (secondary N) is 3. The molecule has 1 saturated heterocycles. The minimum Gasteiger partial charge on any atom is -0.459 e. The molecule has 0 bridgehead atoms. The minimum atomic E-state index is -0.335. The van der Waals surface area contributed by atoms with Gasteiger partial charge in [-0.25, -0.2) is 9.18 Å². The third-order valence-electron chi connectivity index (χ3n) is 5.31. The van der Waals surface area contributed by atoms with Crippen LogP contribution in [0.15, 0.2) is 71.3 Å². The Morgan fingerprint density at radius 3 is 2.78 bits per heavy atom. The predicted molar refractivity (Wildman–Crippen MR) is 120 cm³/mol. The summed E-state index contributed by atoms with van der Waals surface area (Å²) in [4.78, 5) is 26.6. The molecule has 1 aliphatic rings. The molecule has 166 valence electrons. The summed E-state index contributed by atoms with van der Waals surface area (Å²) in [6.45, 7) is 1.78. The third kappa shape index (κ3) is 5.66. The minimum absolute atomic E-state index is 0.0223.